The second-order valence-corrected chi connectivity index (χ2v) is 7.75. The van der Waals surface area contributed by atoms with Gasteiger partial charge < -0.3 is 10.3 Å². The number of para-hydroxylation sites is 1. The van der Waals surface area contributed by atoms with Gasteiger partial charge in [0, 0.05) is 0 Å². The van der Waals surface area contributed by atoms with E-state index in [1.165, 1.54) is 10.9 Å². The summed E-state index contributed by atoms with van der Waals surface area (Å²) in [5.41, 5.74) is 7.51. The summed E-state index contributed by atoms with van der Waals surface area (Å²) < 4.78 is 6.73. The van der Waals surface area contributed by atoms with Gasteiger partial charge in [-0.2, -0.15) is 4.98 Å². The first-order chi connectivity index (χ1) is 16.4. The third kappa shape index (κ3) is 3.69. The summed E-state index contributed by atoms with van der Waals surface area (Å²) in [5.74, 6) is 1.21. The van der Waals surface area contributed by atoms with Gasteiger partial charge in [0.15, 0.2) is 17.5 Å². The number of nitrogens with two attached hydrogens (primary N) is 1. The average Bonchev–Trinajstić information content (AvgIpc) is 3.25. The van der Waals surface area contributed by atoms with E-state index < -0.39 is 0 Å². The Kier molecular flexibility index (Phi) is 5.34. The third-order valence-corrected chi connectivity index (χ3v) is 5.37. The van der Waals surface area contributed by atoms with Gasteiger partial charge >= 0.3 is 0 Å². The van der Waals surface area contributed by atoms with Crippen LogP contribution in [-0.4, -0.2) is 35.4 Å². The lowest BCUT2D eigenvalue weighted by Gasteiger charge is -2.14. The first-order valence-electron chi connectivity index (χ1n) is 10.2. The van der Waals surface area contributed by atoms with E-state index in [0.29, 0.717) is 44.5 Å². The second-order valence-electron chi connectivity index (χ2n) is 7.35. The number of halogens is 1. The Morgan fingerprint density at radius 1 is 1.09 bits per heavy atom. The zero-order valence-electron chi connectivity index (χ0n) is 18.1. The van der Waals surface area contributed by atoms with Crippen molar-refractivity contribution < 1.29 is 4.52 Å². The average molecular weight is 473 g/mol. The number of aliphatic imine (C=N–C) groups is 1. The van der Waals surface area contributed by atoms with Crippen LogP contribution in [0.1, 0.15) is 18.6 Å². The Balaban J connectivity index is 1.78. The molecule has 0 atom stereocenters. The number of rotatable bonds is 4. The molecule has 0 saturated heterocycles. The lowest BCUT2D eigenvalue weighted by atomic mass is 10.2. The molecule has 0 amide bonds. The Hall–Kier alpha value is -4.44. The van der Waals surface area contributed by atoms with Crippen LogP contribution in [0.15, 0.2) is 69.2 Å². The number of nitrogen functional groups attached to an aromatic ring is 1. The fourth-order valence-electron chi connectivity index (χ4n) is 3.54. The molecular formula is C23H17ClN8O2. The molecule has 0 saturated carbocycles. The summed E-state index contributed by atoms with van der Waals surface area (Å²) in [6.07, 6.45) is 1.28. The van der Waals surface area contributed by atoms with Crippen LogP contribution in [0, 0.1) is 6.92 Å². The Morgan fingerprint density at radius 2 is 1.88 bits per heavy atom. The molecule has 0 aliphatic rings. The van der Waals surface area contributed by atoms with Crippen molar-refractivity contribution in [2.75, 3.05) is 5.73 Å². The van der Waals surface area contributed by atoms with Crippen molar-refractivity contribution in [2.45, 2.75) is 13.8 Å². The maximum atomic E-state index is 13.6. The van der Waals surface area contributed by atoms with E-state index in [2.05, 4.69) is 25.1 Å². The molecule has 0 bridgehead atoms. The smallest absolute Gasteiger partial charge is 0.267 e. The van der Waals surface area contributed by atoms with Crippen LogP contribution < -0.4 is 11.3 Å². The van der Waals surface area contributed by atoms with Gasteiger partial charge in [0.25, 0.3) is 11.4 Å². The number of hydrogen-bond acceptors (Lipinski definition) is 9. The number of aromatic nitrogens is 6. The summed E-state index contributed by atoms with van der Waals surface area (Å²) >= 11 is 6.35. The summed E-state index contributed by atoms with van der Waals surface area (Å²) in [6, 6.07) is 14.2. The Bertz CT molecular complexity index is 1630. The molecule has 0 radical (unpaired) electrons. The molecule has 0 aliphatic carbocycles. The van der Waals surface area contributed by atoms with Crippen molar-refractivity contribution >= 4 is 39.9 Å². The standard InChI is InChI=1S/C23H17ClN8O2/c1-12(28-20-18(19(25)26-11-27-20)22-29-13(2)31-34-22)21-30-16-10-6-9-15(24)17(16)23(33)32(21)14-7-4-3-5-8-14/h3-11H,1-2H3,(H2,25,26,27). The molecule has 2 aromatic carbocycles. The number of anilines is 1. The van der Waals surface area contributed by atoms with Gasteiger partial charge in [-0.15, -0.1) is 0 Å². The van der Waals surface area contributed by atoms with Crippen LogP contribution in [0.3, 0.4) is 0 Å². The summed E-state index contributed by atoms with van der Waals surface area (Å²) in [6.45, 7) is 3.41. The first kappa shape index (κ1) is 21.4. The van der Waals surface area contributed by atoms with Crippen molar-refractivity contribution in [1.29, 1.82) is 0 Å². The highest BCUT2D eigenvalue weighted by Crippen LogP contribution is 2.31. The van der Waals surface area contributed by atoms with E-state index in [1.807, 2.05) is 18.2 Å². The lowest BCUT2D eigenvalue weighted by molar-refractivity contribution is 0.425. The fraction of sp³-hybridized carbons (Fsp3) is 0.0870. The zero-order valence-corrected chi connectivity index (χ0v) is 18.9. The van der Waals surface area contributed by atoms with Gasteiger partial charge in [0.2, 0.25) is 0 Å². The Morgan fingerprint density at radius 3 is 2.62 bits per heavy atom. The Labute approximate surface area is 197 Å². The van der Waals surface area contributed by atoms with Gasteiger partial charge in [-0.3, -0.25) is 9.36 Å². The molecule has 168 valence electrons. The topological polar surface area (TPSA) is 138 Å². The molecule has 5 aromatic rings. The third-order valence-electron chi connectivity index (χ3n) is 5.06. The highest BCUT2D eigenvalue weighted by Gasteiger charge is 2.20. The van der Waals surface area contributed by atoms with Crippen molar-refractivity contribution in [2.24, 2.45) is 4.99 Å². The van der Waals surface area contributed by atoms with E-state index >= 15 is 0 Å². The number of benzene rings is 2. The van der Waals surface area contributed by atoms with Gasteiger partial charge in [-0.25, -0.2) is 19.9 Å². The highest BCUT2D eigenvalue weighted by molar-refractivity contribution is 6.35. The molecule has 0 fully saturated rings. The van der Waals surface area contributed by atoms with Gasteiger partial charge in [0.05, 0.1) is 27.3 Å². The normalized spacial score (nSPS) is 11.8. The fourth-order valence-corrected chi connectivity index (χ4v) is 3.79. The molecule has 3 aromatic heterocycles. The molecule has 11 heteroatoms. The predicted molar refractivity (Wildman–Crippen MR) is 129 cm³/mol. The number of nitrogens with zero attached hydrogens (tertiary/aromatic N) is 7. The van der Waals surface area contributed by atoms with Crippen molar-refractivity contribution in [3.05, 3.63) is 81.9 Å². The zero-order chi connectivity index (χ0) is 23.8. The molecule has 3 heterocycles. The molecule has 10 nitrogen and oxygen atoms in total. The van der Waals surface area contributed by atoms with E-state index in [4.69, 9.17) is 26.8 Å². The molecular weight excluding hydrogens is 456 g/mol. The van der Waals surface area contributed by atoms with E-state index in [1.54, 1.807) is 44.2 Å². The van der Waals surface area contributed by atoms with Crippen LogP contribution in [0.25, 0.3) is 28.0 Å². The van der Waals surface area contributed by atoms with Gasteiger partial charge in [0.1, 0.15) is 17.7 Å². The van der Waals surface area contributed by atoms with Gasteiger partial charge in [-0.05, 0) is 38.1 Å². The quantitative estimate of drug-likeness (QED) is 0.388. The minimum atomic E-state index is -0.318. The molecule has 0 unspecified atom stereocenters. The number of hydrogen-bond donors (Lipinski definition) is 1. The minimum absolute atomic E-state index is 0.129. The van der Waals surface area contributed by atoms with Crippen LogP contribution in [0.4, 0.5) is 11.6 Å². The molecule has 2 N–H and O–H groups in total. The lowest BCUT2D eigenvalue weighted by Crippen LogP contribution is -2.26. The monoisotopic (exact) mass is 472 g/mol. The van der Waals surface area contributed by atoms with Crippen molar-refractivity contribution in [3.63, 3.8) is 0 Å². The van der Waals surface area contributed by atoms with E-state index in [9.17, 15) is 4.79 Å². The molecule has 5 rings (SSSR count). The van der Waals surface area contributed by atoms with Crippen molar-refractivity contribution in [1.82, 2.24) is 29.7 Å². The predicted octanol–water partition coefficient (Wildman–Crippen LogP) is 3.91. The minimum Gasteiger partial charge on any atom is -0.383 e. The summed E-state index contributed by atoms with van der Waals surface area (Å²) in [4.78, 5) is 35.4. The van der Waals surface area contributed by atoms with Crippen LogP contribution >= 0.6 is 11.6 Å². The SMILES string of the molecule is CC(=Nc1ncnc(N)c1-c1nc(C)no1)c1nc2cccc(Cl)c2c(=O)n1-c1ccccc1. The van der Waals surface area contributed by atoms with Crippen LogP contribution in [0.2, 0.25) is 5.02 Å². The van der Waals surface area contributed by atoms with Crippen molar-refractivity contribution in [3.8, 4) is 17.1 Å². The van der Waals surface area contributed by atoms with Crippen LogP contribution in [-0.2, 0) is 0 Å². The van der Waals surface area contributed by atoms with E-state index in [-0.39, 0.29) is 23.1 Å². The maximum Gasteiger partial charge on any atom is 0.267 e. The second kappa shape index (κ2) is 8.49. The first-order valence-corrected chi connectivity index (χ1v) is 10.6. The van der Waals surface area contributed by atoms with E-state index in [0.717, 1.165) is 0 Å². The largest absolute Gasteiger partial charge is 0.383 e. The molecule has 34 heavy (non-hydrogen) atoms. The number of aryl methyl sites for hydroxylation is 1. The summed E-state index contributed by atoms with van der Waals surface area (Å²) in [7, 11) is 0. The summed E-state index contributed by atoms with van der Waals surface area (Å²) in [5, 5.41) is 4.44. The molecule has 0 spiro atoms. The highest BCUT2D eigenvalue weighted by atomic mass is 35.5. The molecule has 0 aliphatic heterocycles. The van der Waals surface area contributed by atoms with Crippen LogP contribution in [0.5, 0.6) is 0 Å². The maximum absolute atomic E-state index is 13.6. The van der Waals surface area contributed by atoms with Gasteiger partial charge in [-0.1, -0.05) is 41.0 Å². The number of fused-ring (bicyclic) bond motifs is 1.